The van der Waals surface area contributed by atoms with Crippen LogP contribution in [0.25, 0.3) is 5.82 Å². The Morgan fingerprint density at radius 2 is 2.06 bits per heavy atom. The van der Waals surface area contributed by atoms with Crippen molar-refractivity contribution >= 4 is 5.97 Å². The number of carboxylic acid groups (broad SMARTS) is 1. The maximum Gasteiger partial charge on any atom is 0.335 e. The molecule has 0 aliphatic rings. The fourth-order valence-electron chi connectivity index (χ4n) is 1.72. The summed E-state index contributed by atoms with van der Waals surface area (Å²) < 4.78 is 1.56. The van der Waals surface area contributed by atoms with E-state index in [1.54, 1.807) is 24.6 Å². The van der Waals surface area contributed by atoms with Crippen molar-refractivity contribution in [1.29, 1.82) is 0 Å². The molecule has 0 aliphatic heterocycles. The molecule has 0 saturated carbocycles. The molecule has 1 N–H and O–H groups in total. The first-order chi connectivity index (χ1) is 8.51. The van der Waals surface area contributed by atoms with Gasteiger partial charge in [-0.1, -0.05) is 6.92 Å². The quantitative estimate of drug-likeness (QED) is 0.888. The van der Waals surface area contributed by atoms with Gasteiger partial charge in [0.15, 0.2) is 5.82 Å². The zero-order chi connectivity index (χ0) is 13.3. The number of rotatable bonds is 3. The molecule has 0 unspecified atom stereocenters. The number of carbonyl (C=O) groups is 1. The summed E-state index contributed by atoms with van der Waals surface area (Å²) in [4.78, 5) is 19.6. The molecule has 6 nitrogen and oxygen atoms in total. The number of pyridine rings is 1. The SMILES string of the molecule is CCc1cc(C(=O)O)cc(-n2nc(C)nc2C)n1. The molecule has 2 rings (SSSR count). The Morgan fingerprint density at radius 1 is 1.33 bits per heavy atom. The molecule has 18 heavy (non-hydrogen) atoms. The summed E-state index contributed by atoms with van der Waals surface area (Å²) in [5.41, 5.74) is 0.932. The minimum atomic E-state index is -0.970. The lowest BCUT2D eigenvalue weighted by Crippen LogP contribution is -2.07. The molecule has 2 aromatic heterocycles. The van der Waals surface area contributed by atoms with Crippen LogP contribution in [0.5, 0.6) is 0 Å². The normalized spacial score (nSPS) is 10.6. The van der Waals surface area contributed by atoms with Crippen molar-refractivity contribution in [3.63, 3.8) is 0 Å². The second-order valence-corrected chi connectivity index (χ2v) is 3.98. The van der Waals surface area contributed by atoms with Crippen molar-refractivity contribution in [2.24, 2.45) is 0 Å². The number of aromatic nitrogens is 4. The van der Waals surface area contributed by atoms with Gasteiger partial charge in [-0.15, -0.1) is 5.10 Å². The monoisotopic (exact) mass is 246 g/mol. The molecule has 0 aromatic carbocycles. The molecule has 0 spiro atoms. The molecule has 0 saturated heterocycles. The van der Waals surface area contributed by atoms with Gasteiger partial charge in [-0.05, 0) is 32.4 Å². The Balaban J connectivity index is 2.60. The van der Waals surface area contributed by atoms with Gasteiger partial charge in [0.1, 0.15) is 11.6 Å². The van der Waals surface area contributed by atoms with E-state index in [0.29, 0.717) is 23.9 Å². The first kappa shape index (κ1) is 12.2. The van der Waals surface area contributed by atoms with Crippen LogP contribution >= 0.6 is 0 Å². The van der Waals surface area contributed by atoms with E-state index in [9.17, 15) is 4.79 Å². The molecule has 0 bridgehead atoms. The van der Waals surface area contributed by atoms with Gasteiger partial charge in [0.05, 0.1) is 5.56 Å². The predicted molar refractivity (Wildman–Crippen MR) is 65.0 cm³/mol. The Hall–Kier alpha value is -2.24. The molecule has 0 aliphatic carbocycles. The van der Waals surface area contributed by atoms with Gasteiger partial charge < -0.3 is 5.11 Å². The van der Waals surface area contributed by atoms with Crippen LogP contribution < -0.4 is 0 Å². The van der Waals surface area contributed by atoms with Crippen molar-refractivity contribution in [3.8, 4) is 5.82 Å². The number of hydrogen-bond donors (Lipinski definition) is 1. The van der Waals surface area contributed by atoms with Crippen molar-refractivity contribution in [2.45, 2.75) is 27.2 Å². The molecule has 0 fully saturated rings. The lowest BCUT2D eigenvalue weighted by Gasteiger charge is -2.06. The lowest BCUT2D eigenvalue weighted by molar-refractivity contribution is 0.0696. The third-order valence-electron chi connectivity index (χ3n) is 2.57. The molecule has 0 amide bonds. The fourth-order valence-corrected chi connectivity index (χ4v) is 1.72. The summed E-state index contributed by atoms with van der Waals surface area (Å²) in [6, 6.07) is 3.08. The molecule has 2 aromatic rings. The van der Waals surface area contributed by atoms with Crippen LogP contribution in [0.2, 0.25) is 0 Å². The summed E-state index contributed by atoms with van der Waals surface area (Å²) >= 11 is 0. The molecular weight excluding hydrogens is 232 g/mol. The second kappa shape index (κ2) is 4.56. The highest BCUT2D eigenvalue weighted by Crippen LogP contribution is 2.12. The van der Waals surface area contributed by atoms with Gasteiger partial charge in [-0.3, -0.25) is 0 Å². The molecule has 94 valence electrons. The minimum absolute atomic E-state index is 0.212. The van der Waals surface area contributed by atoms with Gasteiger partial charge in [0.2, 0.25) is 0 Å². The molecular formula is C12H14N4O2. The summed E-state index contributed by atoms with van der Waals surface area (Å²) in [5.74, 6) is 0.838. The maximum atomic E-state index is 11.1. The van der Waals surface area contributed by atoms with Gasteiger partial charge in [-0.2, -0.15) is 4.68 Å². The van der Waals surface area contributed by atoms with Gasteiger partial charge in [0, 0.05) is 5.69 Å². The van der Waals surface area contributed by atoms with Crippen molar-refractivity contribution in [2.75, 3.05) is 0 Å². The smallest absolute Gasteiger partial charge is 0.335 e. The van der Waals surface area contributed by atoms with Crippen LogP contribution in [-0.2, 0) is 6.42 Å². The average molecular weight is 246 g/mol. The standard InChI is InChI=1S/C12H14N4O2/c1-4-10-5-9(12(17)18)6-11(14-10)16-8(3)13-7(2)15-16/h5-6H,4H2,1-3H3,(H,17,18). The molecule has 0 radical (unpaired) electrons. The summed E-state index contributed by atoms with van der Waals surface area (Å²) in [6.45, 7) is 5.52. The summed E-state index contributed by atoms with van der Waals surface area (Å²) in [5, 5.41) is 13.3. The number of aromatic carboxylic acids is 1. The van der Waals surface area contributed by atoms with Crippen molar-refractivity contribution in [3.05, 3.63) is 35.0 Å². The largest absolute Gasteiger partial charge is 0.478 e. The third-order valence-corrected chi connectivity index (χ3v) is 2.57. The topological polar surface area (TPSA) is 80.9 Å². The minimum Gasteiger partial charge on any atom is -0.478 e. The number of hydrogen-bond acceptors (Lipinski definition) is 4. The lowest BCUT2D eigenvalue weighted by atomic mass is 10.2. The van der Waals surface area contributed by atoms with E-state index in [1.807, 2.05) is 6.92 Å². The van der Waals surface area contributed by atoms with Crippen LogP contribution in [-0.4, -0.2) is 30.8 Å². The van der Waals surface area contributed by atoms with Gasteiger partial charge in [0.25, 0.3) is 0 Å². The van der Waals surface area contributed by atoms with E-state index in [0.717, 1.165) is 5.69 Å². The third kappa shape index (κ3) is 2.22. The van der Waals surface area contributed by atoms with Gasteiger partial charge in [-0.25, -0.2) is 14.8 Å². The zero-order valence-electron chi connectivity index (χ0n) is 10.5. The maximum absolute atomic E-state index is 11.1. The van der Waals surface area contributed by atoms with E-state index >= 15 is 0 Å². The Bertz CT molecular complexity index is 604. The van der Waals surface area contributed by atoms with Crippen LogP contribution in [0.3, 0.4) is 0 Å². The number of nitrogens with zero attached hydrogens (tertiary/aromatic N) is 4. The Morgan fingerprint density at radius 3 is 2.56 bits per heavy atom. The molecule has 0 atom stereocenters. The van der Waals surface area contributed by atoms with E-state index < -0.39 is 5.97 Å². The van der Waals surface area contributed by atoms with Crippen LogP contribution in [0.15, 0.2) is 12.1 Å². The van der Waals surface area contributed by atoms with Crippen molar-refractivity contribution in [1.82, 2.24) is 19.7 Å². The van der Waals surface area contributed by atoms with Crippen LogP contribution in [0.4, 0.5) is 0 Å². The highest BCUT2D eigenvalue weighted by atomic mass is 16.4. The van der Waals surface area contributed by atoms with Crippen LogP contribution in [0.1, 0.15) is 34.6 Å². The van der Waals surface area contributed by atoms with E-state index in [1.165, 1.54) is 6.07 Å². The number of carboxylic acids is 1. The second-order valence-electron chi connectivity index (χ2n) is 3.98. The predicted octanol–water partition coefficient (Wildman–Crippen LogP) is 1.54. The first-order valence-electron chi connectivity index (χ1n) is 5.66. The van der Waals surface area contributed by atoms with Crippen LogP contribution in [0, 0.1) is 13.8 Å². The van der Waals surface area contributed by atoms with E-state index in [-0.39, 0.29) is 5.56 Å². The van der Waals surface area contributed by atoms with E-state index in [4.69, 9.17) is 5.11 Å². The fraction of sp³-hybridized carbons (Fsp3) is 0.333. The Labute approximate surface area is 104 Å². The Kier molecular flexibility index (Phi) is 3.10. The summed E-state index contributed by atoms with van der Waals surface area (Å²) in [7, 11) is 0. The molecule has 2 heterocycles. The van der Waals surface area contributed by atoms with Gasteiger partial charge >= 0.3 is 5.97 Å². The number of aryl methyl sites for hydroxylation is 3. The van der Waals surface area contributed by atoms with Crippen molar-refractivity contribution < 1.29 is 9.90 Å². The highest BCUT2D eigenvalue weighted by molar-refractivity contribution is 5.88. The summed E-state index contributed by atoms with van der Waals surface area (Å²) in [6.07, 6.45) is 0.668. The average Bonchev–Trinajstić information content (AvgIpc) is 2.67. The van der Waals surface area contributed by atoms with E-state index in [2.05, 4.69) is 15.1 Å². The first-order valence-corrected chi connectivity index (χ1v) is 5.66. The molecule has 6 heteroatoms. The highest BCUT2D eigenvalue weighted by Gasteiger charge is 2.12. The zero-order valence-corrected chi connectivity index (χ0v) is 10.5.